The quantitative estimate of drug-likeness (QED) is 0.0132. The van der Waals surface area contributed by atoms with Crippen LogP contribution in [-0.4, -0.2) is 226 Å². The third-order valence-electron chi connectivity index (χ3n) is 15.2. The Balaban J connectivity index is 1.27. The van der Waals surface area contributed by atoms with E-state index >= 15 is 4.79 Å². The van der Waals surface area contributed by atoms with E-state index in [0.717, 1.165) is 7.11 Å². The fourth-order valence-corrected chi connectivity index (χ4v) is 14.1. The minimum absolute atomic E-state index is 0.0843. The number of esters is 1. The number of hydrogen-bond donors (Lipinski definition) is 8. The van der Waals surface area contributed by atoms with E-state index in [9.17, 15) is 34.8 Å². The smallest absolute Gasteiger partial charge is 0.411 e. The Morgan fingerprint density at radius 1 is 0.854 bits per heavy atom. The number of ketones is 1. The maximum Gasteiger partial charge on any atom is 0.411 e. The zero-order chi connectivity index (χ0) is 64.9. The van der Waals surface area contributed by atoms with Crippen molar-refractivity contribution in [1.29, 1.82) is 0 Å². The van der Waals surface area contributed by atoms with Crippen molar-refractivity contribution < 1.29 is 106 Å². The number of alkyl carbamates (subject to hydrolysis) is 1. The number of amides is 2. The third-order valence-corrected chi connectivity index (χ3v) is 20.2. The summed E-state index contributed by atoms with van der Waals surface area (Å²) in [5, 5.41) is 56.8. The molecule has 0 spiro atoms. The standard InChI is InChI=1S/C59H80N4O22S4/c1-28(2)60-36-27-77-43(25-39(36)73-8)83-52-50(66)47(63-85-45-24-37(64)53(86-12)31(5)79-45)29(3)80-57(52)82-38-18-16-14-15-17-20-59(71)34(19-21-88-89-87-13)46(38)48(62-58(70)76-11)51(67)54(59)84-44-26-42(49(65)30(4)78-44)81-56(69)33-22-40(74-9)41(75-10)23-35(33)61-55(68)32(6)72-7/h14-15,19,22-23,28-31,36-39,42-45,47,49-50,52-54,57,60,63-66,71H,6,21,24-27H2,1-5,7-13H3,(H,61,68)(H,62,70)/b15-14-,34-19?/t29-,30+,31-,36+,37+,38+,39+,42+,43+,44+,45+,47-,49-,50+,52-,53-,54-,57+,59-/m1/s1. The molecule has 4 fully saturated rings. The van der Waals surface area contributed by atoms with Crippen molar-refractivity contribution in [2.75, 3.05) is 65.7 Å². The highest BCUT2D eigenvalue weighted by molar-refractivity contribution is 9.09. The lowest BCUT2D eigenvalue weighted by atomic mass is 9.73. The lowest BCUT2D eigenvalue weighted by molar-refractivity contribution is -0.336. The lowest BCUT2D eigenvalue weighted by Gasteiger charge is -2.47. The zero-order valence-corrected chi connectivity index (χ0v) is 54.6. The lowest BCUT2D eigenvalue weighted by Crippen LogP contribution is -2.65. The van der Waals surface area contributed by atoms with E-state index < -0.39 is 134 Å². The number of methoxy groups -OCH3 is 5. The molecule has 7 rings (SSSR count). The van der Waals surface area contributed by atoms with Crippen LogP contribution in [-0.2, 0) is 66.5 Å². The molecule has 2 aliphatic carbocycles. The Bertz CT molecular complexity index is 2890. The maximum absolute atomic E-state index is 15.6. The highest BCUT2D eigenvalue weighted by Gasteiger charge is 2.57. The number of ether oxygens (including phenoxy) is 13. The molecule has 492 valence electrons. The summed E-state index contributed by atoms with van der Waals surface area (Å²) in [7, 11) is 10.8. The second-order valence-electron chi connectivity index (χ2n) is 21.4. The number of carbonyl (C=O) groups is 4. The van der Waals surface area contributed by atoms with E-state index in [1.165, 1.54) is 95.7 Å². The number of thioether (sulfide) groups is 1. The Morgan fingerprint density at radius 3 is 2.22 bits per heavy atom. The number of hydroxylamine groups is 1. The number of rotatable bonds is 25. The van der Waals surface area contributed by atoms with Gasteiger partial charge in [-0.3, -0.25) is 19.7 Å². The van der Waals surface area contributed by atoms with E-state index in [4.69, 9.17) is 66.4 Å². The number of nitrogens with one attached hydrogen (secondary N) is 4. The minimum atomic E-state index is -2.66. The molecule has 0 unspecified atom stereocenters. The maximum atomic E-state index is 15.6. The molecule has 4 heterocycles. The van der Waals surface area contributed by atoms with Gasteiger partial charge in [-0.05, 0) is 55.3 Å². The van der Waals surface area contributed by atoms with Crippen LogP contribution >= 0.6 is 43.2 Å². The van der Waals surface area contributed by atoms with Crippen LogP contribution in [0.5, 0.6) is 11.5 Å². The van der Waals surface area contributed by atoms with Crippen molar-refractivity contribution in [3.63, 3.8) is 0 Å². The highest BCUT2D eigenvalue weighted by Crippen LogP contribution is 2.44. The van der Waals surface area contributed by atoms with Crippen molar-refractivity contribution in [3.8, 4) is 35.2 Å². The summed E-state index contributed by atoms with van der Waals surface area (Å²) in [4.78, 5) is 62.5. The largest absolute Gasteiger partial charge is 0.493 e. The fourth-order valence-electron chi connectivity index (χ4n) is 10.8. The molecule has 0 aromatic heterocycles. The van der Waals surface area contributed by atoms with Gasteiger partial charge in [0.1, 0.15) is 30.5 Å². The molecule has 89 heavy (non-hydrogen) atoms. The van der Waals surface area contributed by atoms with Gasteiger partial charge in [-0.1, -0.05) is 71.8 Å². The van der Waals surface area contributed by atoms with Crippen LogP contribution in [0.3, 0.4) is 0 Å². The SMILES string of the molecule is C=C(OC)C(=O)Nc1cc(OC)c(OC)cc1C(=O)O[C@H]1C[C@H](O[C@@H]2C(=O)C(NC(=O)OC)=C3C(=CCSSSC)[C@]2(O)C#C/C=C\C#C[C@@H]3O[C@@H]2O[C@H](C)[C@@H](NO[C@H]3C[C@H](O)[C@H](SC)[C@@H](C)O3)[C@H](O)[C@H]2O[C@H]2C[C@H](OC)[C@@H](NC(C)C)CO2)O[C@@H](C)[C@H]1O. The molecule has 26 nitrogen and oxygen atoms in total. The third kappa shape index (κ3) is 17.6. The average Bonchev–Trinajstić information content (AvgIpc) is 0.971. The number of benzene rings is 1. The van der Waals surface area contributed by atoms with Gasteiger partial charge in [-0.15, -0.1) is 0 Å². The highest BCUT2D eigenvalue weighted by atomic mass is 33.5. The van der Waals surface area contributed by atoms with Crippen LogP contribution in [0.4, 0.5) is 10.5 Å². The van der Waals surface area contributed by atoms with Crippen LogP contribution in [0, 0.1) is 23.7 Å². The van der Waals surface area contributed by atoms with Gasteiger partial charge in [0.15, 0.2) is 54.1 Å². The van der Waals surface area contributed by atoms with Gasteiger partial charge < -0.3 is 92.6 Å². The molecule has 8 N–H and O–H groups in total. The number of Topliss-reactive ketones (excluding diaryl/α,β-unsaturated/α-hetero) is 1. The molecule has 1 aromatic rings. The van der Waals surface area contributed by atoms with Crippen LogP contribution in [0.25, 0.3) is 0 Å². The van der Waals surface area contributed by atoms with Gasteiger partial charge in [0.25, 0.3) is 5.91 Å². The summed E-state index contributed by atoms with van der Waals surface area (Å²) in [5.41, 5.74) is -0.949. The number of carbonyl (C=O) groups excluding carboxylic acids is 4. The molecule has 0 radical (unpaired) electrons. The van der Waals surface area contributed by atoms with Crippen molar-refractivity contribution >= 4 is 72.6 Å². The minimum Gasteiger partial charge on any atom is -0.493 e. The number of anilines is 1. The van der Waals surface area contributed by atoms with E-state index in [1.54, 1.807) is 20.1 Å². The molecule has 2 amide bonds. The second kappa shape index (κ2) is 33.3. The predicted octanol–water partition coefficient (Wildman–Crippen LogP) is 3.42. The van der Waals surface area contributed by atoms with Crippen molar-refractivity contribution in [1.82, 2.24) is 16.1 Å². The topological polar surface area (TPSA) is 327 Å². The van der Waals surface area contributed by atoms with Gasteiger partial charge in [0.05, 0.1) is 99.8 Å². The first kappa shape index (κ1) is 71.8. The Morgan fingerprint density at radius 2 is 1.56 bits per heavy atom. The van der Waals surface area contributed by atoms with Gasteiger partial charge in [0.2, 0.25) is 5.78 Å². The molecule has 0 saturated carbocycles. The van der Waals surface area contributed by atoms with Crippen LogP contribution in [0.2, 0.25) is 0 Å². The molecular formula is C59H80N4O22S4. The van der Waals surface area contributed by atoms with E-state index in [2.05, 4.69) is 51.7 Å². The van der Waals surface area contributed by atoms with E-state index in [0.29, 0.717) is 0 Å². The monoisotopic (exact) mass is 1320 g/mol. The summed E-state index contributed by atoms with van der Waals surface area (Å²) in [5.74, 6) is 8.60. The summed E-state index contributed by atoms with van der Waals surface area (Å²) in [6.45, 7) is 12.6. The summed E-state index contributed by atoms with van der Waals surface area (Å²) >= 11 is 1.47. The normalized spacial score (nSPS) is 34.4. The van der Waals surface area contributed by atoms with E-state index in [-0.39, 0.29) is 88.3 Å². The molecule has 4 aliphatic heterocycles. The van der Waals surface area contributed by atoms with Gasteiger partial charge in [-0.2, -0.15) is 17.2 Å². The van der Waals surface area contributed by atoms with Crippen molar-refractivity contribution in [2.45, 2.75) is 175 Å². The second-order valence-corrected chi connectivity index (χ2v) is 26.8. The first-order valence-electron chi connectivity index (χ1n) is 28.4. The van der Waals surface area contributed by atoms with Crippen LogP contribution in [0.15, 0.2) is 59.5 Å². The number of hydrogen-bond acceptors (Lipinski definition) is 28. The summed E-state index contributed by atoms with van der Waals surface area (Å²) in [6, 6.07) is 1.39. The number of allylic oxidation sites excluding steroid dienone is 2. The van der Waals surface area contributed by atoms with Crippen LogP contribution < -0.4 is 30.9 Å². The molecule has 2 bridgehead atoms. The summed E-state index contributed by atoms with van der Waals surface area (Å²) in [6.07, 6.45) is -11.7. The Hall–Kier alpha value is -4.62. The van der Waals surface area contributed by atoms with Gasteiger partial charge >= 0.3 is 12.1 Å². The first-order chi connectivity index (χ1) is 42.5. The number of fused-ring (bicyclic) bond motifs is 2. The average molecular weight is 1330 g/mol. The van der Waals surface area contributed by atoms with E-state index in [1.807, 2.05) is 33.3 Å². The molecule has 1 aromatic carbocycles. The number of aliphatic hydroxyl groups is 4. The van der Waals surface area contributed by atoms with Gasteiger partial charge in [-0.25, -0.2) is 9.59 Å². The predicted molar refractivity (Wildman–Crippen MR) is 330 cm³/mol. The molecule has 19 atom stereocenters. The summed E-state index contributed by atoms with van der Waals surface area (Å²) < 4.78 is 77.9. The Labute approximate surface area is 533 Å². The first-order valence-corrected chi connectivity index (χ1v) is 33.8. The number of aliphatic hydroxyl groups excluding tert-OH is 3. The molecule has 4 saturated heterocycles. The Kier molecular flexibility index (Phi) is 26.9. The van der Waals surface area contributed by atoms with Crippen molar-refractivity contribution in [2.24, 2.45) is 0 Å². The van der Waals surface area contributed by atoms with Gasteiger partial charge in [0, 0.05) is 61.4 Å². The molecular weight excluding hydrogens is 1240 g/mol. The molecule has 6 aliphatic rings. The fraction of sp³-hybridized carbons (Fsp3) is 0.627. The van der Waals surface area contributed by atoms with Crippen molar-refractivity contribution in [3.05, 3.63) is 65.1 Å². The zero-order valence-electron chi connectivity index (χ0n) is 51.4. The molecule has 30 heteroatoms. The van der Waals surface area contributed by atoms with Crippen LogP contribution in [0.1, 0.15) is 64.2 Å².